The summed E-state index contributed by atoms with van der Waals surface area (Å²) in [6, 6.07) is 37.6. The van der Waals surface area contributed by atoms with Crippen molar-refractivity contribution in [2.24, 2.45) is 5.92 Å². The zero-order chi connectivity index (χ0) is 38.1. The molecule has 2 saturated heterocycles. The molecule has 11 nitrogen and oxygen atoms in total. The number of nitro benzene ring substituents is 1. The average molecular weight is 739 g/mol. The monoisotopic (exact) mass is 738 g/mol. The van der Waals surface area contributed by atoms with Crippen LogP contribution in [0.15, 0.2) is 121 Å². The first kappa shape index (κ1) is 36.3. The normalized spacial score (nSPS) is 21.5. The molecule has 1 N–H and O–H groups in total. The second-order valence-corrected chi connectivity index (χ2v) is 14.4. The fourth-order valence-corrected chi connectivity index (χ4v) is 7.80. The van der Waals surface area contributed by atoms with Crippen LogP contribution in [-0.4, -0.2) is 70.5 Å². The summed E-state index contributed by atoms with van der Waals surface area (Å²) in [4.78, 5) is 42.7. The highest BCUT2D eigenvalue weighted by Crippen LogP contribution is 2.42. The minimum Gasteiger partial charge on any atom is -0.392 e. The zero-order valence-corrected chi connectivity index (χ0v) is 30.5. The van der Waals surface area contributed by atoms with E-state index >= 15 is 0 Å². The van der Waals surface area contributed by atoms with E-state index in [9.17, 15) is 24.8 Å². The molecule has 0 aliphatic carbocycles. The summed E-state index contributed by atoms with van der Waals surface area (Å²) in [6.07, 6.45) is -0.985. The Kier molecular flexibility index (Phi) is 10.3. The molecule has 5 aromatic carbocycles. The number of benzene rings is 5. The van der Waals surface area contributed by atoms with Gasteiger partial charge in [0.2, 0.25) is 0 Å². The lowest BCUT2D eigenvalue weighted by molar-refractivity contribution is -0.384. The quantitative estimate of drug-likeness (QED) is 0.0903. The molecule has 0 aromatic heterocycles. The number of piperazine rings is 1. The Morgan fingerprint density at radius 1 is 0.727 bits per heavy atom. The Hall–Kier alpha value is -5.72. The molecule has 5 aromatic rings. The number of aliphatic hydroxyl groups is 1. The SMILES string of the molecule is C[C@H]1[C@@H](CN2CCN(c3ccc([N+](=O)[O-])cc3)CC2)O[C@@H](c2ccc(-c3cccc(CN4C(=O)c5ccccc5C4=O)c3)cc2)O[C@H]1c1ccc(CO)cc1. The van der Waals surface area contributed by atoms with Gasteiger partial charge in [-0.3, -0.25) is 29.5 Å². The topological polar surface area (TPSA) is 126 Å². The molecule has 3 aliphatic heterocycles. The van der Waals surface area contributed by atoms with Crippen LogP contribution in [0.25, 0.3) is 11.1 Å². The van der Waals surface area contributed by atoms with E-state index in [4.69, 9.17) is 9.47 Å². The Bertz CT molecular complexity index is 2150. The van der Waals surface area contributed by atoms with Gasteiger partial charge < -0.3 is 19.5 Å². The minimum absolute atomic E-state index is 0.0282. The van der Waals surface area contributed by atoms with Crippen molar-refractivity contribution in [2.45, 2.75) is 38.6 Å². The standard InChI is InChI=1S/C44H42N4O7/c1-29-40(27-45-21-23-46(24-22-45)36-17-19-37(20-18-36)48(52)53)54-44(55-41(29)33-11-9-30(28-49)10-12-33)34-15-13-32(14-16-34)35-6-4-5-31(25-35)26-47-42(50)38-7-2-3-8-39(38)43(47)51/h2-20,25,29,40-41,44,49H,21-24,26-28H2,1H3/t29-,40+,41+,44+/m0/s1. The van der Waals surface area contributed by atoms with Crippen LogP contribution in [0.5, 0.6) is 0 Å². The van der Waals surface area contributed by atoms with Gasteiger partial charge in [0.25, 0.3) is 17.5 Å². The van der Waals surface area contributed by atoms with Gasteiger partial charge in [-0.25, -0.2) is 0 Å². The van der Waals surface area contributed by atoms with Gasteiger partial charge in [0.05, 0.1) is 41.4 Å². The molecule has 280 valence electrons. The van der Waals surface area contributed by atoms with E-state index in [1.165, 1.54) is 4.90 Å². The maximum atomic E-state index is 13.0. The number of nitrogens with zero attached hydrogens (tertiary/aromatic N) is 4. The molecule has 11 heteroatoms. The molecule has 4 atom stereocenters. The van der Waals surface area contributed by atoms with E-state index in [0.29, 0.717) is 11.1 Å². The van der Waals surface area contributed by atoms with E-state index in [2.05, 4.69) is 16.7 Å². The number of hydrogen-bond acceptors (Lipinski definition) is 9. The lowest BCUT2D eigenvalue weighted by atomic mass is 9.89. The van der Waals surface area contributed by atoms with Gasteiger partial charge in [-0.1, -0.05) is 85.8 Å². The van der Waals surface area contributed by atoms with Crippen LogP contribution in [0.3, 0.4) is 0 Å². The number of rotatable bonds is 10. The highest BCUT2D eigenvalue weighted by molar-refractivity contribution is 6.21. The van der Waals surface area contributed by atoms with Crippen LogP contribution in [-0.2, 0) is 22.6 Å². The van der Waals surface area contributed by atoms with Crippen LogP contribution in [0.4, 0.5) is 11.4 Å². The first-order chi connectivity index (χ1) is 26.7. The summed E-state index contributed by atoms with van der Waals surface area (Å²) in [6.45, 7) is 6.29. The molecular weight excluding hydrogens is 697 g/mol. The third kappa shape index (κ3) is 7.52. The van der Waals surface area contributed by atoms with Crippen molar-refractivity contribution >= 4 is 23.2 Å². The summed E-state index contributed by atoms with van der Waals surface area (Å²) in [5.74, 6) is -0.515. The number of carbonyl (C=O) groups is 2. The molecule has 0 saturated carbocycles. The van der Waals surface area contributed by atoms with Crippen LogP contribution in [0.2, 0.25) is 0 Å². The van der Waals surface area contributed by atoms with E-state index in [1.807, 2.05) is 84.9 Å². The number of imide groups is 1. The summed E-state index contributed by atoms with van der Waals surface area (Å²) in [7, 11) is 0. The molecular formula is C44H42N4O7. The Morgan fingerprint density at radius 2 is 1.38 bits per heavy atom. The summed E-state index contributed by atoms with van der Waals surface area (Å²) in [5, 5.41) is 20.8. The molecule has 0 bridgehead atoms. The fourth-order valence-electron chi connectivity index (χ4n) is 7.80. The van der Waals surface area contributed by atoms with Gasteiger partial charge in [-0.2, -0.15) is 0 Å². The van der Waals surface area contributed by atoms with Gasteiger partial charge in [0.1, 0.15) is 0 Å². The first-order valence-electron chi connectivity index (χ1n) is 18.6. The Morgan fingerprint density at radius 3 is 2.02 bits per heavy atom. The molecule has 0 spiro atoms. The number of aliphatic hydroxyl groups excluding tert-OH is 1. The smallest absolute Gasteiger partial charge is 0.269 e. The van der Waals surface area contributed by atoms with Gasteiger partial charge >= 0.3 is 0 Å². The van der Waals surface area contributed by atoms with Gasteiger partial charge in [-0.05, 0) is 58.1 Å². The first-order valence-corrected chi connectivity index (χ1v) is 18.6. The fraction of sp³-hybridized carbons (Fsp3) is 0.273. The molecule has 0 unspecified atom stereocenters. The van der Waals surface area contributed by atoms with Crippen LogP contribution < -0.4 is 4.90 Å². The largest absolute Gasteiger partial charge is 0.392 e. The van der Waals surface area contributed by atoms with E-state index in [-0.39, 0.29) is 53.7 Å². The third-order valence-corrected chi connectivity index (χ3v) is 11.0. The maximum absolute atomic E-state index is 13.0. The molecule has 3 heterocycles. The number of non-ortho nitro benzene ring substituents is 1. The average Bonchev–Trinajstić information content (AvgIpc) is 3.46. The molecule has 2 fully saturated rings. The number of ether oxygens (including phenoxy) is 2. The number of anilines is 1. The highest BCUT2D eigenvalue weighted by atomic mass is 16.7. The number of carbonyl (C=O) groups excluding carboxylic acids is 2. The summed E-state index contributed by atoms with van der Waals surface area (Å²) < 4.78 is 13.5. The van der Waals surface area contributed by atoms with E-state index < -0.39 is 6.29 Å². The lowest BCUT2D eigenvalue weighted by Gasteiger charge is -2.44. The molecule has 0 radical (unpaired) electrons. The molecule has 55 heavy (non-hydrogen) atoms. The minimum atomic E-state index is -0.612. The Labute approximate surface area is 319 Å². The van der Waals surface area contributed by atoms with Gasteiger partial charge in [-0.15, -0.1) is 0 Å². The van der Waals surface area contributed by atoms with E-state index in [0.717, 1.165) is 71.8 Å². The van der Waals surface area contributed by atoms with Crippen molar-refractivity contribution < 1.29 is 29.1 Å². The second kappa shape index (κ2) is 15.6. The van der Waals surface area contributed by atoms with Gasteiger partial charge in [0.15, 0.2) is 6.29 Å². The molecule has 3 aliphatic rings. The van der Waals surface area contributed by atoms with E-state index in [1.54, 1.807) is 36.4 Å². The molecule has 8 rings (SSSR count). The van der Waals surface area contributed by atoms with Crippen molar-refractivity contribution in [1.82, 2.24) is 9.80 Å². The van der Waals surface area contributed by atoms with Gasteiger partial charge in [0, 0.05) is 62.0 Å². The van der Waals surface area contributed by atoms with Crippen molar-refractivity contribution in [3.63, 3.8) is 0 Å². The van der Waals surface area contributed by atoms with Crippen molar-refractivity contribution in [1.29, 1.82) is 0 Å². The summed E-state index contributed by atoms with van der Waals surface area (Å²) in [5.41, 5.74) is 7.50. The number of hydrogen-bond donors (Lipinski definition) is 1. The third-order valence-electron chi connectivity index (χ3n) is 11.0. The molecule has 2 amide bonds. The van der Waals surface area contributed by atoms with Crippen LogP contribution >= 0.6 is 0 Å². The van der Waals surface area contributed by atoms with Crippen molar-refractivity contribution in [2.75, 3.05) is 37.6 Å². The highest BCUT2D eigenvalue weighted by Gasteiger charge is 2.40. The summed E-state index contributed by atoms with van der Waals surface area (Å²) >= 11 is 0. The zero-order valence-electron chi connectivity index (χ0n) is 30.5. The maximum Gasteiger partial charge on any atom is 0.269 e. The lowest BCUT2D eigenvalue weighted by Crippen LogP contribution is -2.51. The predicted molar refractivity (Wildman–Crippen MR) is 207 cm³/mol. The second-order valence-electron chi connectivity index (χ2n) is 14.4. The number of amides is 2. The van der Waals surface area contributed by atoms with Crippen LogP contribution in [0.1, 0.15) is 62.3 Å². The number of nitro groups is 1. The Balaban J connectivity index is 0.971. The number of fused-ring (bicyclic) bond motifs is 1. The predicted octanol–water partition coefficient (Wildman–Crippen LogP) is 7.16. The van der Waals surface area contributed by atoms with Crippen molar-refractivity contribution in [3.8, 4) is 11.1 Å². The van der Waals surface area contributed by atoms with Crippen molar-refractivity contribution in [3.05, 3.63) is 165 Å². The van der Waals surface area contributed by atoms with Crippen LogP contribution in [0, 0.1) is 16.0 Å².